The Kier molecular flexibility index (Phi) is 6.99. The van der Waals surface area contributed by atoms with Gasteiger partial charge in [-0.1, -0.05) is 78.9 Å². The Morgan fingerprint density at radius 2 is 1.50 bits per heavy atom. The van der Waals surface area contributed by atoms with E-state index >= 15 is 0 Å². The zero-order chi connectivity index (χ0) is 24.9. The Hall–Kier alpha value is -4.12. The van der Waals surface area contributed by atoms with Crippen LogP contribution >= 0.6 is 0 Å². The van der Waals surface area contributed by atoms with E-state index in [0.717, 1.165) is 35.2 Å². The Labute approximate surface area is 211 Å². The molecule has 0 spiro atoms. The highest BCUT2D eigenvalue weighted by Gasteiger charge is 2.40. The van der Waals surface area contributed by atoms with Crippen molar-refractivity contribution in [1.82, 2.24) is 5.32 Å². The van der Waals surface area contributed by atoms with Crippen LogP contribution in [0.1, 0.15) is 48.8 Å². The highest BCUT2D eigenvalue weighted by atomic mass is 16.5. The first-order valence-electron chi connectivity index (χ1n) is 12.3. The third kappa shape index (κ3) is 4.96. The molecule has 1 atom stereocenters. The number of para-hydroxylation sites is 1. The molecule has 5 rings (SSSR count). The first kappa shape index (κ1) is 23.6. The number of Topliss-reactive ketones (excluding diaryl/α,β-unsaturated/α-hetero) is 1. The van der Waals surface area contributed by atoms with E-state index in [1.807, 2.05) is 91.9 Å². The number of dihydropyridines is 1. The molecule has 1 N–H and O–H groups in total. The summed E-state index contributed by atoms with van der Waals surface area (Å²) in [6, 6.07) is 27.2. The lowest BCUT2D eigenvalue weighted by atomic mass is 9.75. The fourth-order valence-electron chi connectivity index (χ4n) is 4.95. The van der Waals surface area contributed by atoms with Crippen LogP contribution in [-0.2, 0) is 27.5 Å². The van der Waals surface area contributed by atoms with E-state index in [-0.39, 0.29) is 12.4 Å². The van der Waals surface area contributed by atoms with Crippen molar-refractivity contribution >= 4 is 11.8 Å². The number of carbonyl (C=O) groups excluding carboxylic acids is 2. The zero-order valence-corrected chi connectivity index (χ0v) is 20.3. The monoisotopic (exact) mass is 479 g/mol. The third-order valence-corrected chi connectivity index (χ3v) is 6.68. The van der Waals surface area contributed by atoms with Crippen molar-refractivity contribution in [3.05, 3.63) is 124 Å². The number of allylic oxidation sites excluding steroid dienone is 3. The second-order valence-corrected chi connectivity index (χ2v) is 9.14. The molecule has 1 aliphatic heterocycles. The smallest absolute Gasteiger partial charge is 0.337 e. The molecule has 1 aliphatic carbocycles. The van der Waals surface area contributed by atoms with Gasteiger partial charge in [0.15, 0.2) is 5.78 Å². The number of rotatable bonds is 7. The summed E-state index contributed by atoms with van der Waals surface area (Å²) in [4.78, 5) is 26.8. The number of ether oxygens (including phenoxy) is 2. The lowest BCUT2D eigenvalue weighted by molar-refractivity contribution is -0.140. The van der Waals surface area contributed by atoms with Crippen molar-refractivity contribution in [1.29, 1.82) is 0 Å². The van der Waals surface area contributed by atoms with E-state index in [2.05, 4.69) is 5.32 Å². The molecule has 0 fully saturated rings. The minimum atomic E-state index is -0.552. The Balaban J connectivity index is 1.51. The van der Waals surface area contributed by atoms with Gasteiger partial charge in [0.2, 0.25) is 0 Å². The van der Waals surface area contributed by atoms with Gasteiger partial charge in [-0.05, 0) is 37.0 Å². The van der Waals surface area contributed by atoms with E-state index in [1.54, 1.807) is 0 Å². The summed E-state index contributed by atoms with van der Waals surface area (Å²) in [7, 11) is 0. The molecule has 0 aromatic heterocycles. The maximum Gasteiger partial charge on any atom is 0.337 e. The van der Waals surface area contributed by atoms with Crippen LogP contribution in [-0.4, -0.2) is 11.8 Å². The van der Waals surface area contributed by atoms with Gasteiger partial charge in [-0.2, -0.15) is 0 Å². The van der Waals surface area contributed by atoms with Crippen LogP contribution in [0.4, 0.5) is 0 Å². The van der Waals surface area contributed by atoms with Crippen LogP contribution in [0.2, 0.25) is 0 Å². The minimum Gasteiger partial charge on any atom is -0.489 e. The Bertz CT molecular complexity index is 1320. The van der Waals surface area contributed by atoms with E-state index in [4.69, 9.17) is 9.47 Å². The summed E-state index contributed by atoms with van der Waals surface area (Å²) in [5.41, 5.74) is 5.45. The van der Waals surface area contributed by atoms with Crippen LogP contribution in [0.25, 0.3) is 0 Å². The minimum absolute atomic E-state index is 0.0625. The van der Waals surface area contributed by atoms with Gasteiger partial charge in [0, 0.05) is 29.0 Å². The number of hydrogen-bond donors (Lipinski definition) is 1. The molecule has 0 amide bonds. The molecular formula is C31H29NO4. The van der Waals surface area contributed by atoms with Gasteiger partial charge in [0.05, 0.1) is 11.5 Å². The van der Waals surface area contributed by atoms with Gasteiger partial charge in [-0.3, -0.25) is 4.79 Å². The van der Waals surface area contributed by atoms with Gasteiger partial charge < -0.3 is 14.8 Å². The Morgan fingerprint density at radius 3 is 2.22 bits per heavy atom. The van der Waals surface area contributed by atoms with Crippen molar-refractivity contribution in [3.63, 3.8) is 0 Å². The second-order valence-electron chi connectivity index (χ2n) is 9.14. The van der Waals surface area contributed by atoms with Crippen molar-refractivity contribution in [3.8, 4) is 5.75 Å². The quantitative estimate of drug-likeness (QED) is 0.423. The van der Waals surface area contributed by atoms with Crippen molar-refractivity contribution < 1.29 is 19.1 Å². The summed E-state index contributed by atoms with van der Waals surface area (Å²) in [6.07, 6.45) is 2.04. The van der Waals surface area contributed by atoms with Gasteiger partial charge >= 0.3 is 5.97 Å². The van der Waals surface area contributed by atoms with Crippen LogP contribution in [0.5, 0.6) is 5.75 Å². The molecular weight excluding hydrogens is 450 g/mol. The summed E-state index contributed by atoms with van der Waals surface area (Å²) >= 11 is 0. The summed E-state index contributed by atoms with van der Waals surface area (Å²) < 4.78 is 12.0. The van der Waals surface area contributed by atoms with Crippen molar-refractivity contribution in [2.24, 2.45) is 0 Å². The molecule has 5 nitrogen and oxygen atoms in total. The van der Waals surface area contributed by atoms with Crippen molar-refractivity contribution in [2.45, 2.75) is 45.3 Å². The molecule has 0 saturated carbocycles. The number of esters is 1. The SMILES string of the molecule is CC1=C(C(=O)OCc2ccccc2)[C@@H](c2ccccc2OCc2ccccc2)C2=C(CCCC2=O)N1. The summed E-state index contributed by atoms with van der Waals surface area (Å²) in [5, 5.41) is 3.35. The van der Waals surface area contributed by atoms with Crippen molar-refractivity contribution in [2.75, 3.05) is 0 Å². The van der Waals surface area contributed by atoms with E-state index < -0.39 is 11.9 Å². The molecule has 0 bridgehead atoms. The number of benzene rings is 3. The highest BCUT2D eigenvalue weighted by Crippen LogP contribution is 2.45. The second kappa shape index (κ2) is 10.6. The van der Waals surface area contributed by atoms with E-state index in [1.165, 1.54) is 0 Å². The molecule has 3 aromatic carbocycles. The first-order valence-corrected chi connectivity index (χ1v) is 12.3. The van der Waals surface area contributed by atoms with Gasteiger partial charge in [0.25, 0.3) is 0 Å². The number of ketones is 1. The Morgan fingerprint density at radius 1 is 0.861 bits per heavy atom. The molecule has 3 aromatic rings. The van der Waals surface area contributed by atoms with Gasteiger partial charge in [0.1, 0.15) is 19.0 Å². The van der Waals surface area contributed by atoms with Crippen LogP contribution < -0.4 is 10.1 Å². The predicted octanol–water partition coefficient (Wildman–Crippen LogP) is 5.98. The highest BCUT2D eigenvalue weighted by molar-refractivity contribution is 6.04. The van der Waals surface area contributed by atoms with Crippen LogP contribution in [0, 0.1) is 0 Å². The largest absolute Gasteiger partial charge is 0.489 e. The zero-order valence-electron chi connectivity index (χ0n) is 20.3. The average Bonchev–Trinajstić information content (AvgIpc) is 2.91. The van der Waals surface area contributed by atoms with E-state index in [9.17, 15) is 9.59 Å². The van der Waals surface area contributed by atoms with Gasteiger partial charge in [-0.25, -0.2) is 4.79 Å². The summed E-state index contributed by atoms with van der Waals surface area (Å²) in [6.45, 7) is 2.43. The standard InChI is InChI=1S/C31H29NO4/c1-21-28(31(34)36-20-23-13-6-3-7-14-23)29(30-25(32-21)16-10-17-26(30)33)24-15-8-9-18-27(24)35-19-22-11-4-2-5-12-22/h2-9,11-15,18,29,32H,10,16-17,19-20H2,1H3/t29-/m1/s1. The first-order chi connectivity index (χ1) is 17.6. The molecule has 182 valence electrons. The lowest BCUT2D eigenvalue weighted by Gasteiger charge is -2.34. The molecule has 0 radical (unpaired) electrons. The lowest BCUT2D eigenvalue weighted by Crippen LogP contribution is -2.34. The fourth-order valence-corrected chi connectivity index (χ4v) is 4.95. The third-order valence-electron chi connectivity index (χ3n) is 6.68. The van der Waals surface area contributed by atoms with Crippen LogP contribution in [0.3, 0.4) is 0 Å². The molecule has 2 aliphatic rings. The average molecular weight is 480 g/mol. The number of hydrogen-bond acceptors (Lipinski definition) is 5. The maximum atomic E-state index is 13.5. The van der Waals surface area contributed by atoms with Gasteiger partial charge in [-0.15, -0.1) is 0 Å². The normalized spacial score (nSPS) is 17.4. The topological polar surface area (TPSA) is 64.6 Å². The maximum absolute atomic E-state index is 13.5. The molecule has 0 unspecified atom stereocenters. The predicted molar refractivity (Wildman–Crippen MR) is 138 cm³/mol. The van der Waals surface area contributed by atoms with Crippen LogP contribution in [0.15, 0.2) is 107 Å². The fraction of sp³-hybridized carbons (Fsp3) is 0.226. The molecule has 1 heterocycles. The summed E-state index contributed by atoms with van der Waals surface area (Å²) in [5.74, 6) is -0.270. The number of carbonyl (C=O) groups is 2. The molecule has 0 saturated heterocycles. The molecule has 36 heavy (non-hydrogen) atoms. The van der Waals surface area contributed by atoms with E-state index in [0.29, 0.717) is 35.6 Å². The number of nitrogens with one attached hydrogen (secondary N) is 1. The molecule has 5 heteroatoms.